The number of imidazole rings is 1. The van der Waals surface area contributed by atoms with E-state index in [1.54, 1.807) is 31.2 Å². The van der Waals surface area contributed by atoms with Crippen molar-refractivity contribution in [3.8, 4) is 0 Å². The van der Waals surface area contributed by atoms with Crippen molar-refractivity contribution in [2.75, 3.05) is 4.90 Å². The van der Waals surface area contributed by atoms with E-state index >= 15 is 0 Å². The lowest BCUT2D eigenvalue weighted by atomic mass is 10.00. The zero-order chi connectivity index (χ0) is 21.7. The predicted octanol–water partition coefficient (Wildman–Crippen LogP) is 3.79. The minimum Gasteiger partial charge on any atom is -0.507 e. The van der Waals surface area contributed by atoms with Crippen LogP contribution in [0.4, 0.5) is 5.95 Å². The molecule has 3 aromatic heterocycles. The van der Waals surface area contributed by atoms with Crippen LogP contribution >= 0.6 is 0 Å². The van der Waals surface area contributed by atoms with E-state index in [0.29, 0.717) is 22.6 Å². The molecule has 4 heterocycles. The molecule has 1 saturated heterocycles. The van der Waals surface area contributed by atoms with Crippen LogP contribution in [0.5, 0.6) is 0 Å². The molecule has 1 fully saturated rings. The van der Waals surface area contributed by atoms with E-state index < -0.39 is 17.7 Å². The van der Waals surface area contributed by atoms with Crippen LogP contribution in [0.15, 0.2) is 64.8 Å². The average Bonchev–Trinajstić information content (AvgIpc) is 3.44. The van der Waals surface area contributed by atoms with Gasteiger partial charge in [-0.25, -0.2) is 4.98 Å². The number of Topliss-reactive ketones (excluding diaryl/α,β-unsaturated/α-hetero) is 1. The number of H-pyrrole nitrogens is 1. The molecule has 1 atom stereocenters. The number of anilines is 1. The van der Waals surface area contributed by atoms with Crippen molar-refractivity contribution >= 4 is 34.4 Å². The summed E-state index contributed by atoms with van der Waals surface area (Å²) in [5, 5.41) is 11.0. The van der Waals surface area contributed by atoms with Gasteiger partial charge < -0.3 is 14.5 Å². The van der Waals surface area contributed by atoms with Gasteiger partial charge in [-0.15, -0.1) is 0 Å². The number of carbonyl (C=O) groups is 2. The Hall–Kier alpha value is -4.20. The van der Waals surface area contributed by atoms with E-state index in [9.17, 15) is 14.7 Å². The number of hydrogen-bond donors (Lipinski definition) is 2. The molecule has 8 nitrogen and oxygen atoms in total. The van der Waals surface area contributed by atoms with Crippen molar-refractivity contribution in [2.24, 2.45) is 0 Å². The van der Waals surface area contributed by atoms with Gasteiger partial charge in [0.1, 0.15) is 23.3 Å². The molecule has 0 bridgehead atoms. The lowest BCUT2D eigenvalue weighted by molar-refractivity contribution is -0.132. The van der Waals surface area contributed by atoms with Crippen LogP contribution < -0.4 is 4.90 Å². The molecule has 4 aromatic rings. The van der Waals surface area contributed by atoms with Gasteiger partial charge >= 0.3 is 5.91 Å². The van der Waals surface area contributed by atoms with Crippen molar-refractivity contribution in [3.05, 3.63) is 83.1 Å². The van der Waals surface area contributed by atoms with E-state index in [-0.39, 0.29) is 17.3 Å². The number of carbonyl (C=O) groups excluding carboxylic acids is 2. The lowest BCUT2D eigenvalue weighted by Crippen LogP contribution is -2.30. The Bertz CT molecular complexity index is 1370. The summed E-state index contributed by atoms with van der Waals surface area (Å²) in [6.45, 7) is 3.72. The quantitative estimate of drug-likeness (QED) is 0.300. The van der Waals surface area contributed by atoms with Gasteiger partial charge in [-0.3, -0.25) is 19.5 Å². The van der Waals surface area contributed by atoms with Crippen LogP contribution in [-0.2, 0) is 9.59 Å². The first-order valence-electron chi connectivity index (χ1n) is 9.68. The van der Waals surface area contributed by atoms with E-state index in [2.05, 4.69) is 15.0 Å². The monoisotopic (exact) mass is 414 g/mol. The fourth-order valence-electron chi connectivity index (χ4n) is 3.81. The molecule has 5 rings (SSSR count). The zero-order valence-corrected chi connectivity index (χ0v) is 16.8. The predicted molar refractivity (Wildman–Crippen MR) is 113 cm³/mol. The number of nitrogens with zero attached hydrogens (tertiary/aromatic N) is 3. The lowest BCUT2D eigenvalue weighted by Gasteiger charge is -2.20. The maximum atomic E-state index is 13.1. The van der Waals surface area contributed by atoms with Gasteiger partial charge in [-0.2, -0.15) is 0 Å². The Morgan fingerprint density at radius 1 is 1.10 bits per heavy atom. The van der Waals surface area contributed by atoms with Gasteiger partial charge in [0.2, 0.25) is 5.95 Å². The number of ketones is 1. The minimum atomic E-state index is -0.969. The number of aromatic nitrogens is 3. The molecule has 1 aliphatic rings. The van der Waals surface area contributed by atoms with Crippen molar-refractivity contribution in [1.82, 2.24) is 15.0 Å². The summed E-state index contributed by atoms with van der Waals surface area (Å²) >= 11 is 0. The SMILES string of the molecule is Cc1ccc2nc(N3C(=O)C(=O)/C(=C(/O)c4ccncc4)C3c3ccc(C)o3)[nH]c2c1. The zero-order valence-electron chi connectivity index (χ0n) is 16.8. The molecule has 1 aromatic carbocycles. The van der Waals surface area contributed by atoms with Crippen LogP contribution in [-0.4, -0.2) is 31.7 Å². The average molecular weight is 414 g/mol. The van der Waals surface area contributed by atoms with Crippen LogP contribution in [0.3, 0.4) is 0 Å². The van der Waals surface area contributed by atoms with E-state index in [4.69, 9.17) is 4.42 Å². The third-order valence-electron chi connectivity index (χ3n) is 5.28. The Morgan fingerprint density at radius 3 is 2.58 bits per heavy atom. The normalized spacial score (nSPS) is 18.3. The molecule has 0 aliphatic carbocycles. The third-order valence-corrected chi connectivity index (χ3v) is 5.28. The highest BCUT2D eigenvalue weighted by atomic mass is 16.3. The number of furan rings is 1. The molecule has 1 aliphatic heterocycles. The van der Waals surface area contributed by atoms with E-state index in [0.717, 1.165) is 11.1 Å². The molecule has 1 amide bonds. The Kier molecular flexibility index (Phi) is 4.21. The van der Waals surface area contributed by atoms with Gasteiger partial charge in [0.05, 0.1) is 16.6 Å². The van der Waals surface area contributed by atoms with Crippen molar-refractivity contribution in [3.63, 3.8) is 0 Å². The first-order valence-corrected chi connectivity index (χ1v) is 9.68. The van der Waals surface area contributed by atoms with Crippen molar-refractivity contribution in [1.29, 1.82) is 0 Å². The topological polar surface area (TPSA) is 112 Å². The number of fused-ring (bicyclic) bond motifs is 1. The van der Waals surface area contributed by atoms with Crippen molar-refractivity contribution in [2.45, 2.75) is 19.9 Å². The highest BCUT2D eigenvalue weighted by molar-refractivity contribution is 6.51. The highest BCUT2D eigenvalue weighted by Crippen LogP contribution is 2.42. The van der Waals surface area contributed by atoms with Gasteiger partial charge in [-0.05, 0) is 55.8 Å². The third kappa shape index (κ3) is 3.00. The first kappa shape index (κ1) is 18.8. The fraction of sp³-hybridized carbons (Fsp3) is 0.130. The summed E-state index contributed by atoms with van der Waals surface area (Å²) in [4.78, 5) is 39.0. The molecule has 0 saturated carbocycles. The number of amides is 1. The summed E-state index contributed by atoms with van der Waals surface area (Å²) in [6, 6.07) is 11.3. The van der Waals surface area contributed by atoms with Gasteiger partial charge in [0, 0.05) is 18.0 Å². The van der Waals surface area contributed by atoms with Crippen LogP contribution in [0.1, 0.15) is 28.7 Å². The summed E-state index contributed by atoms with van der Waals surface area (Å²) in [6.07, 6.45) is 3.00. The summed E-state index contributed by atoms with van der Waals surface area (Å²) < 4.78 is 5.78. The molecule has 8 heteroatoms. The summed E-state index contributed by atoms with van der Waals surface area (Å²) in [7, 11) is 0. The van der Waals surface area contributed by atoms with E-state index in [1.165, 1.54) is 17.3 Å². The number of hydrogen-bond acceptors (Lipinski definition) is 6. The molecular formula is C23H18N4O4. The summed E-state index contributed by atoms with van der Waals surface area (Å²) in [5.41, 5.74) is 2.73. The molecule has 0 radical (unpaired) electrons. The Balaban J connectivity index is 1.73. The molecule has 154 valence electrons. The number of aromatic amines is 1. The fourth-order valence-corrected chi connectivity index (χ4v) is 3.81. The number of nitrogens with one attached hydrogen (secondary N) is 1. The highest BCUT2D eigenvalue weighted by Gasteiger charge is 2.49. The molecule has 31 heavy (non-hydrogen) atoms. The number of aliphatic hydroxyl groups excluding tert-OH is 1. The second-order valence-corrected chi connectivity index (χ2v) is 7.43. The van der Waals surface area contributed by atoms with Crippen LogP contribution in [0.2, 0.25) is 0 Å². The number of rotatable bonds is 3. The number of pyridine rings is 1. The molecule has 1 unspecified atom stereocenters. The van der Waals surface area contributed by atoms with Crippen LogP contribution in [0.25, 0.3) is 16.8 Å². The molecule has 2 N–H and O–H groups in total. The number of benzene rings is 1. The van der Waals surface area contributed by atoms with Gasteiger partial charge in [-0.1, -0.05) is 6.07 Å². The standard InChI is InChI=1S/C23H18N4O4/c1-12-3-5-15-16(11-12)26-23(25-15)27-19(17-6-4-13(2)31-17)18(21(29)22(27)30)20(28)14-7-9-24-10-8-14/h3-11,19,28H,1-2H3,(H,25,26)/b20-18+. The maximum absolute atomic E-state index is 13.1. The maximum Gasteiger partial charge on any atom is 0.302 e. The van der Waals surface area contributed by atoms with Gasteiger partial charge in [0.15, 0.2) is 0 Å². The molecule has 0 spiro atoms. The smallest absolute Gasteiger partial charge is 0.302 e. The largest absolute Gasteiger partial charge is 0.507 e. The number of aliphatic hydroxyl groups is 1. The second kappa shape index (κ2) is 6.94. The number of aryl methyl sites for hydroxylation is 2. The van der Waals surface area contributed by atoms with Crippen LogP contribution in [0, 0.1) is 13.8 Å². The van der Waals surface area contributed by atoms with Crippen molar-refractivity contribution < 1.29 is 19.1 Å². The van der Waals surface area contributed by atoms with Gasteiger partial charge in [0.25, 0.3) is 5.78 Å². The second-order valence-electron chi connectivity index (χ2n) is 7.43. The van der Waals surface area contributed by atoms with E-state index in [1.807, 2.05) is 25.1 Å². The first-order chi connectivity index (χ1) is 14.9. The Labute approximate surface area is 176 Å². The minimum absolute atomic E-state index is 0.0674. The summed E-state index contributed by atoms with van der Waals surface area (Å²) in [5.74, 6) is -0.742. The Morgan fingerprint density at radius 2 is 1.87 bits per heavy atom. The molecular weight excluding hydrogens is 396 g/mol.